The van der Waals surface area contributed by atoms with Crippen molar-refractivity contribution in [2.24, 2.45) is 5.73 Å². The number of para-hydroxylation sites is 2. The van der Waals surface area contributed by atoms with E-state index in [4.69, 9.17) is 15.2 Å². The first kappa shape index (κ1) is 13.4. The van der Waals surface area contributed by atoms with Gasteiger partial charge in [-0.2, -0.15) is 0 Å². The van der Waals surface area contributed by atoms with Gasteiger partial charge in [-0.25, -0.2) is 0 Å². The Bertz CT molecular complexity index is 521. The number of rotatable bonds is 5. The molecule has 1 atom stereocenters. The standard InChI is InChI=1S/C16H19NO2/c1-3-18-15-6-4-5-7-16(15)19-14-10-8-13(9-11-14)12(2)17/h4-12H,3,17H2,1-2H3/t12-/m1/s1. The predicted molar refractivity (Wildman–Crippen MR) is 76.7 cm³/mol. The van der Waals surface area contributed by atoms with Crippen molar-refractivity contribution in [3.05, 3.63) is 54.1 Å². The van der Waals surface area contributed by atoms with E-state index in [9.17, 15) is 0 Å². The Balaban J connectivity index is 2.16. The van der Waals surface area contributed by atoms with Crippen molar-refractivity contribution in [1.29, 1.82) is 0 Å². The molecular weight excluding hydrogens is 238 g/mol. The molecule has 0 unspecified atom stereocenters. The average Bonchev–Trinajstić information content (AvgIpc) is 2.42. The third kappa shape index (κ3) is 3.48. The Kier molecular flexibility index (Phi) is 4.42. The fourth-order valence-corrected chi connectivity index (χ4v) is 1.78. The zero-order chi connectivity index (χ0) is 13.7. The van der Waals surface area contributed by atoms with Crippen molar-refractivity contribution < 1.29 is 9.47 Å². The number of benzene rings is 2. The maximum Gasteiger partial charge on any atom is 0.169 e. The molecule has 0 amide bonds. The molecular formula is C16H19NO2. The van der Waals surface area contributed by atoms with E-state index < -0.39 is 0 Å². The molecule has 3 heteroatoms. The summed E-state index contributed by atoms with van der Waals surface area (Å²) in [6, 6.07) is 15.5. The lowest BCUT2D eigenvalue weighted by Gasteiger charge is -2.12. The number of nitrogens with two attached hydrogens (primary N) is 1. The van der Waals surface area contributed by atoms with Crippen molar-refractivity contribution in [2.45, 2.75) is 19.9 Å². The van der Waals surface area contributed by atoms with Crippen molar-refractivity contribution >= 4 is 0 Å². The molecule has 3 nitrogen and oxygen atoms in total. The van der Waals surface area contributed by atoms with Gasteiger partial charge < -0.3 is 15.2 Å². The van der Waals surface area contributed by atoms with E-state index >= 15 is 0 Å². The third-order valence-electron chi connectivity index (χ3n) is 2.78. The van der Waals surface area contributed by atoms with Gasteiger partial charge in [0.2, 0.25) is 0 Å². The lowest BCUT2D eigenvalue weighted by atomic mass is 10.1. The molecule has 2 rings (SSSR count). The first-order chi connectivity index (χ1) is 9.20. The van der Waals surface area contributed by atoms with E-state index in [2.05, 4.69) is 0 Å². The second-order valence-electron chi connectivity index (χ2n) is 4.34. The fraction of sp³-hybridized carbons (Fsp3) is 0.250. The van der Waals surface area contributed by atoms with Gasteiger partial charge in [-0.05, 0) is 43.7 Å². The van der Waals surface area contributed by atoms with Gasteiger partial charge in [-0.1, -0.05) is 24.3 Å². The summed E-state index contributed by atoms with van der Waals surface area (Å²) in [4.78, 5) is 0. The molecule has 2 N–H and O–H groups in total. The van der Waals surface area contributed by atoms with Gasteiger partial charge in [0.1, 0.15) is 5.75 Å². The lowest BCUT2D eigenvalue weighted by molar-refractivity contribution is 0.321. The summed E-state index contributed by atoms with van der Waals surface area (Å²) in [6.07, 6.45) is 0. The highest BCUT2D eigenvalue weighted by molar-refractivity contribution is 5.43. The Morgan fingerprint density at radius 3 is 2.21 bits per heavy atom. The van der Waals surface area contributed by atoms with Gasteiger partial charge in [0.25, 0.3) is 0 Å². The van der Waals surface area contributed by atoms with E-state index in [1.54, 1.807) is 0 Å². The zero-order valence-corrected chi connectivity index (χ0v) is 11.3. The summed E-state index contributed by atoms with van der Waals surface area (Å²) in [6.45, 7) is 4.53. The van der Waals surface area contributed by atoms with Gasteiger partial charge in [-0.3, -0.25) is 0 Å². The van der Waals surface area contributed by atoms with Crippen LogP contribution >= 0.6 is 0 Å². The van der Waals surface area contributed by atoms with E-state index in [1.165, 1.54) is 0 Å². The average molecular weight is 257 g/mol. The van der Waals surface area contributed by atoms with Crippen LogP contribution in [-0.4, -0.2) is 6.61 Å². The topological polar surface area (TPSA) is 44.5 Å². The number of ether oxygens (including phenoxy) is 2. The van der Waals surface area contributed by atoms with Crippen LogP contribution in [0.1, 0.15) is 25.5 Å². The Morgan fingerprint density at radius 2 is 1.63 bits per heavy atom. The minimum absolute atomic E-state index is 0.0322. The van der Waals surface area contributed by atoms with Crippen LogP contribution in [0.3, 0.4) is 0 Å². The lowest BCUT2D eigenvalue weighted by Crippen LogP contribution is -2.04. The highest BCUT2D eigenvalue weighted by Crippen LogP contribution is 2.31. The van der Waals surface area contributed by atoms with E-state index in [0.29, 0.717) is 6.61 Å². The van der Waals surface area contributed by atoms with Crippen molar-refractivity contribution in [2.75, 3.05) is 6.61 Å². The van der Waals surface area contributed by atoms with Crippen molar-refractivity contribution in [1.82, 2.24) is 0 Å². The van der Waals surface area contributed by atoms with E-state index in [1.807, 2.05) is 62.4 Å². The smallest absolute Gasteiger partial charge is 0.169 e. The molecule has 2 aromatic rings. The Hall–Kier alpha value is -2.00. The molecule has 0 aliphatic carbocycles. The SMILES string of the molecule is CCOc1ccccc1Oc1ccc([C@@H](C)N)cc1. The van der Waals surface area contributed by atoms with Crippen LogP contribution in [0.4, 0.5) is 0 Å². The zero-order valence-electron chi connectivity index (χ0n) is 11.3. The molecule has 0 aromatic heterocycles. The van der Waals surface area contributed by atoms with Crippen LogP contribution in [0.15, 0.2) is 48.5 Å². The first-order valence-corrected chi connectivity index (χ1v) is 6.46. The molecule has 0 fully saturated rings. The number of hydrogen-bond donors (Lipinski definition) is 1. The molecule has 0 heterocycles. The van der Waals surface area contributed by atoms with Crippen molar-refractivity contribution in [3.63, 3.8) is 0 Å². The highest BCUT2D eigenvalue weighted by atomic mass is 16.5. The maximum absolute atomic E-state index is 5.83. The molecule has 0 aliphatic heterocycles. The van der Waals surface area contributed by atoms with E-state index in [-0.39, 0.29) is 6.04 Å². The predicted octanol–water partition coefficient (Wildman–Crippen LogP) is 3.90. The second-order valence-corrected chi connectivity index (χ2v) is 4.34. The molecule has 2 aromatic carbocycles. The molecule has 100 valence electrons. The minimum Gasteiger partial charge on any atom is -0.490 e. The van der Waals surface area contributed by atoms with Crippen LogP contribution in [0.2, 0.25) is 0 Å². The molecule has 0 bridgehead atoms. The molecule has 0 aliphatic rings. The Morgan fingerprint density at radius 1 is 1.00 bits per heavy atom. The summed E-state index contributed by atoms with van der Waals surface area (Å²) >= 11 is 0. The summed E-state index contributed by atoms with van der Waals surface area (Å²) in [5.74, 6) is 2.25. The van der Waals surface area contributed by atoms with Crippen LogP contribution in [-0.2, 0) is 0 Å². The van der Waals surface area contributed by atoms with Crippen LogP contribution in [0.25, 0.3) is 0 Å². The minimum atomic E-state index is 0.0322. The van der Waals surface area contributed by atoms with Crippen LogP contribution < -0.4 is 15.2 Å². The first-order valence-electron chi connectivity index (χ1n) is 6.46. The summed E-state index contributed by atoms with van der Waals surface area (Å²) in [5, 5.41) is 0. The van der Waals surface area contributed by atoms with Gasteiger partial charge >= 0.3 is 0 Å². The highest BCUT2D eigenvalue weighted by Gasteiger charge is 2.05. The maximum atomic E-state index is 5.83. The van der Waals surface area contributed by atoms with Crippen LogP contribution in [0, 0.1) is 0 Å². The van der Waals surface area contributed by atoms with Crippen molar-refractivity contribution in [3.8, 4) is 17.2 Å². The third-order valence-corrected chi connectivity index (χ3v) is 2.78. The normalized spacial score (nSPS) is 11.9. The summed E-state index contributed by atoms with van der Waals surface area (Å²) < 4.78 is 11.4. The van der Waals surface area contributed by atoms with Gasteiger partial charge in [0, 0.05) is 6.04 Å². The summed E-state index contributed by atoms with van der Waals surface area (Å²) in [7, 11) is 0. The monoisotopic (exact) mass is 257 g/mol. The second kappa shape index (κ2) is 6.25. The quantitative estimate of drug-likeness (QED) is 0.883. The fourth-order valence-electron chi connectivity index (χ4n) is 1.78. The molecule has 19 heavy (non-hydrogen) atoms. The molecule has 0 saturated carbocycles. The Labute approximate surface area is 114 Å². The molecule has 0 spiro atoms. The molecule has 0 radical (unpaired) electrons. The number of hydrogen-bond acceptors (Lipinski definition) is 3. The summed E-state index contributed by atoms with van der Waals surface area (Å²) in [5.41, 5.74) is 6.91. The van der Waals surface area contributed by atoms with Gasteiger partial charge in [0.05, 0.1) is 6.61 Å². The van der Waals surface area contributed by atoms with Gasteiger partial charge in [-0.15, -0.1) is 0 Å². The largest absolute Gasteiger partial charge is 0.490 e. The molecule has 0 saturated heterocycles. The van der Waals surface area contributed by atoms with E-state index in [0.717, 1.165) is 22.8 Å². The van der Waals surface area contributed by atoms with Crippen LogP contribution in [0.5, 0.6) is 17.2 Å². The van der Waals surface area contributed by atoms with Gasteiger partial charge in [0.15, 0.2) is 11.5 Å².